The molecule has 4 heteroatoms. The molecule has 0 unspecified atom stereocenters. The molecule has 0 atom stereocenters. The molecule has 3 nitrogen and oxygen atoms in total. The fourth-order valence-corrected chi connectivity index (χ4v) is 0.827. The van der Waals surface area contributed by atoms with Crippen molar-refractivity contribution in [1.82, 2.24) is 9.97 Å². The summed E-state index contributed by atoms with van der Waals surface area (Å²) < 4.78 is 12.8. The first-order chi connectivity index (χ1) is 6.13. The van der Waals surface area contributed by atoms with Crippen LogP contribution >= 0.6 is 0 Å². The lowest BCUT2D eigenvalue weighted by Gasteiger charge is -2.00. The van der Waals surface area contributed by atoms with Gasteiger partial charge in [-0.2, -0.15) is 14.6 Å². The number of halogens is 1. The molecule has 13 heavy (non-hydrogen) atoms. The minimum atomic E-state index is -0.627. The van der Waals surface area contributed by atoms with E-state index in [0.29, 0.717) is 11.3 Å². The molecule has 1 aromatic heterocycles. The van der Waals surface area contributed by atoms with Crippen LogP contribution < -0.4 is 0 Å². The highest BCUT2D eigenvalue weighted by molar-refractivity contribution is 5.53. The maximum Gasteiger partial charge on any atom is 0.216 e. The van der Waals surface area contributed by atoms with Crippen LogP contribution in [0, 0.1) is 17.3 Å². The van der Waals surface area contributed by atoms with Gasteiger partial charge in [-0.25, -0.2) is 4.98 Å². The fourth-order valence-electron chi connectivity index (χ4n) is 0.827. The van der Waals surface area contributed by atoms with Gasteiger partial charge in [0.15, 0.2) is 5.82 Å². The Kier molecular flexibility index (Phi) is 2.70. The van der Waals surface area contributed by atoms with E-state index in [2.05, 4.69) is 16.5 Å². The van der Waals surface area contributed by atoms with Gasteiger partial charge < -0.3 is 0 Å². The van der Waals surface area contributed by atoms with Crippen LogP contribution in [0.2, 0.25) is 0 Å². The number of hydrogen-bond donors (Lipinski definition) is 0. The summed E-state index contributed by atoms with van der Waals surface area (Å²) in [5.41, 5.74) is 0.965. The van der Waals surface area contributed by atoms with Gasteiger partial charge in [0.05, 0.1) is 18.2 Å². The second-order valence-electron chi connectivity index (χ2n) is 2.62. The standard InChI is InChI=1S/C9H8FN3/c1-6(2)9-12-7(3-4-11)5-8(10)13-9/h5H,1,3H2,2H3. The summed E-state index contributed by atoms with van der Waals surface area (Å²) in [6, 6.07) is 3.04. The molecule has 0 aliphatic rings. The lowest BCUT2D eigenvalue weighted by atomic mass is 10.3. The summed E-state index contributed by atoms with van der Waals surface area (Å²) in [6.07, 6.45) is 0.0831. The molecule has 0 radical (unpaired) electrons. The maximum atomic E-state index is 12.8. The smallest absolute Gasteiger partial charge is 0.216 e. The summed E-state index contributed by atoms with van der Waals surface area (Å²) in [7, 11) is 0. The quantitative estimate of drug-likeness (QED) is 0.646. The van der Waals surface area contributed by atoms with Crippen LogP contribution in [-0.4, -0.2) is 9.97 Å². The van der Waals surface area contributed by atoms with Crippen molar-refractivity contribution in [3.63, 3.8) is 0 Å². The molecular weight excluding hydrogens is 169 g/mol. The summed E-state index contributed by atoms with van der Waals surface area (Å²) in [6.45, 7) is 5.28. The van der Waals surface area contributed by atoms with Gasteiger partial charge in [-0.05, 0) is 12.5 Å². The van der Waals surface area contributed by atoms with Gasteiger partial charge in [0.25, 0.3) is 0 Å². The molecule has 0 amide bonds. The molecule has 0 saturated heterocycles. The number of nitriles is 1. The molecule has 1 rings (SSSR count). The van der Waals surface area contributed by atoms with Crippen molar-refractivity contribution in [2.45, 2.75) is 13.3 Å². The highest BCUT2D eigenvalue weighted by Gasteiger charge is 2.03. The van der Waals surface area contributed by atoms with Crippen LogP contribution in [0.5, 0.6) is 0 Å². The third-order valence-corrected chi connectivity index (χ3v) is 1.39. The predicted octanol–water partition coefficient (Wildman–Crippen LogP) is 1.71. The van der Waals surface area contributed by atoms with Gasteiger partial charge in [-0.3, -0.25) is 0 Å². The molecule has 0 fully saturated rings. The van der Waals surface area contributed by atoms with Crippen molar-refractivity contribution >= 4 is 5.57 Å². The highest BCUT2D eigenvalue weighted by atomic mass is 19.1. The Morgan fingerprint density at radius 2 is 2.38 bits per heavy atom. The summed E-state index contributed by atoms with van der Waals surface area (Å²) in [5, 5.41) is 8.38. The first-order valence-electron chi connectivity index (χ1n) is 3.70. The third-order valence-electron chi connectivity index (χ3n) is 1.39. The average molecular weight is 177 g/mol. The molecule has 0 aliphatic carbocycles. The summed E-state index contributed by atoms with van der Waals surface area (Å²) in [5.74, 6) is -0.372. The predicted molar refractivity (Wildman–Crippen MR) is 46.0 cm³/mol. The maximum absolute atomic E-state index is 12.8. The van der Waals surface area contributed by atoms with Gasteiger partial charge >= 0.3 is 0 Å². The van der Waals surface area contributed by atoms with Crippen LogP contribution in [0.25, 0.3) is 5.57 Å². The first-order valence-corrected chi connectivity index (χ1v) is 3.70. The Morgan fingerprint density at radius 3 is 2.92 bits per heavy atom. The molecule has 0 N–H and O–H groups in total. The van der Waals surface area contributed by atoms with E-state index in [1.807, 2.05) is 6.07 Å². The van der Waals surface area contributed by atoms with Crippen molar-refractivity contribution in [2.75, 3.05) is 0 Å². The monoisotopic (exact) mass is 177 g/mol. The summed E-state index contributed by atoms with van der Waals surface area (Å²) >= 11 is 0. The Hall–Kier alpha value is -1.76. The van der Waals surface area contributed by atoms with E-state index in [4.69, 9.17) is 5.26 Å². The number of rotatable bonds is 2. The van der Waals surface area contributed by atoms with Crippen molar-refractivity contribution in [3.05, 3.63) is 30.1 Å². The minimum Gasteiger partial charge on any atom is -0.232 e. The van der Waals surface area contributed by atoms with E-state index in [0.717, 1.165) is 6.07 Å². The van der Waals surface area contributed by atoms with Crippen LogP contribution in [0.1, 0.15) is 18.4 Å². The molecule has 0 saturated carbocycles. The van der Waals surface area contributed by atoms with Gasteiger partial charge in [0.2, 0.25) is 5.95 Å². The zero-order chi connectivity index (χ0) is 9.84. The van der Waals surface area contributed by atoms with Crippen LogP contribution in [0.3, 0.4) is 0 Å². The zero-order valence-corrected chi connectivity index (χ0v) is 7.21. The largest absolute Gasteiger partial charge is 0.232 e. The van der Waals surface area contributed by atoms with Crippen molar-refractivity contribution in [2.24, 2.45) is 0 Å². The van der Waals surface area contributed by atoms with Crippen molar-refractivity contribution < 1.29 is 4.39 Å². The van der Waals surface area contributed by atoms with Crippen molar-refractivity contribution in [1.29, 1.82) is 5.26 Å². The molecule has 66 valence electrons. The Labute approximate surface area is 75.6 Å². The Morgan fingerprint density at radius 1 is 1.69 bits per heavy atom. The lowest BCUT2D eigenvalue weighted by Crippen LogP contribution is -1.99. The summed E-state index contributed by atoms with van der Waals surface area (Å²) in [4.78, 5) is 7.48. The van der Waals surface area contributed by atoms with E-state index in [1.54, 1.807) is 6.92 Å². The minimum absolute atomic E-state index is 0.0831. The van der Waals surface area contributed by atoms with Gasteiger partial charge in [0, 0.05) is 6.07 Å². The second-order valence-corrected chi connectivity index (χ2v) is 2.62. The van der Waals surface area contributed by atoms with Gasteiger partial charge in [-0.1, -0.05) is 6.58 Å². The number of aromatic nitrogens is 2. The molecule has 1 aromatic rings. The number of nitrogens with zero attached hydrogens (tertiary/aromatic N) is 3. The fraction of sp³-hybridized carbons (Fsp3) is 0.222. The van der Waals surface area contributed by atoms with Crippen LogP contribution in [0.15, 0.2) is 12.6 Å². The molecule has 0 bridgehead atoms. The molecule has 0 spiro atoms. The SMILES string of the molecule is C=C(C)c1nc(F)cc(CC#N)n1. The van der Waals surface area contributed by atoms with Gasteiger partial charge in [0.1, 0.15) is 0 Å². The van der Waals surface area contributed by atoms with Crippen LogP contribution in [-0.2, 0) is 6.42 Å². The van der Waals surface area contributed by atoms with Crippen molar-refractivity contribution in [3.8, 4) is 6.07 Å². The number of hydrogen-bond acceptors (Lipinski definition) is 3. The van der Waals surface area contributed by atoms with E-state index >= 15 is 0 Å². The molecule has 1 heterocycles. The molecule has 0 aliphatic heterocycles. The van der Waals surface area contributed by atoms with Gasteiger partial charge in [-0.15, -0.1) is 0 Å². The Balaban J connectivity index is 3.12. The third kappa shape index (κ3) is 2.34. The number of allylic oxidation sites excluding steroid dienone is 1. The topological polar surface area (TPSA) is 49.6 Å². The molecular formula is C9H8FN3. The van der Waals surface area contributed by atoms with Crippen LogP contribution in [0.4, 0.5) is 4.39 Å². The normalized spacial score (nSPS) is 9.31. The van der Waals surface area contributed by atoms with E-state index in [-0.39, 0.29) is 12.2 Å². The van der Waals surface area contributed by atoms with E-state index in [1.165, 1.54) is 0 Å². The van der Waals surface area contributed by atoms with E-state index in [9.17, 15) is 4.39 Å². The lowest BCUT2D eigenvalue weighted by molar-refractivity contribution is 0.574. The Bertz CT molecular complexity index is 379. The first kappa shape index (κ1) is 9.33. The zero-order valence-electron chi connectivity index (χ0n) is 7.21. The molecule has 0 aromatic carbocycles. The second kappa shape index (κ2) is 3.76. The van der Waals surface area contributed by atoms with E-state index < -0.39 is 5.95 Å². The average Bonchev–Trinajstić information content (AvgIpc) is 2.03. The highest BCUT2D eigenvalue weighted by Crippen LogP contribution is 2.07.